The van der Waals surface area contributed by atoms with Crippen molar-refractivity contribution in [2.45, 2.75) is 45.6 Å². The van der Waals surface area contributed by atoms with Gasteiger partial charge in [0.25, 0.3) is 0 Å². The van der Waals surface area contributed by atoms with Crippen molar-refractivity contribution in [3.05, 3.63) is 57.7 Å². The predicted octanol–water partition coefficient (Wildman–Crippen LogP) is 4.56. The van der Waals surface area contributed by atoms with Gasteiger partial charge in [-0.2, -0.15) is 0 Å². The molecule has 1 aromatic carbocycles. The highest BCUT2D eigenvalue weighted by Crippen LogP contribution is 2.38. The molecule has 0 unspecified atom stereocenters. The summed E-state index contributed by atoms with van der Waals surface area (Å²) in [5, 5.41) is 11.7. The van der Waals surface area contributed by atoms with Gasteiger partial charge in [0.15, 0.2) is 5.11 Å². The van der Waals surface area contributed by atoms with Crippen LogP contribution in [-0.2, 0) is 24.1 Å². The van der Waals surface area contributed by atoms with Crippen LogP contribution in [0.2, 0.25) is 0 Å². The predicted molar refractivity (Wildman–Crippen MR) is 127 cm³/mol. The van der Waals surface area contributed by atoms with Crippen LogP contribution in [0.15, 0.2) is 30.6 Å². The van der Waals surface area contributed by atoms with Gasteiger partial charge in [-0.15, -0.1) is 16.4 Å². The second-order valence-corrected chi connectivity index (χ2v) is 9.10. The smallest absolute Gasteiger partial charge is 0.341 e. The molecule has 2 aromatic heterocycles. The van der Waals surface area contributed by atoms with Crippen LogP contribution in [0, 0.1) is 6.92 Å². The number of methoxy groups -OCH3 is 1. The van der Waals surface area contributed by atoms with Gasteiger partial charge in [0.05, 0.1) is 19.2 Å². The molecule has 1 aliphatic carbocycles. The van der Waals surface area contributed by atoms with Crippen LogP contribution in [0.3, 0.4) is 0 Å². The topological polar surface area (TPSA) is 81.1 Å². The van der Waals surface area contributed by atoms with E-state index in [2.05, 4.69) is 51.9 Å². The number of rotatable bonds is 5. The van der Waals surface area contributed by atoms with Crippen LogP contribution in [-0.4, -0.2) is 33.0 Å². The summed E-state index contributed by atoms with van der Waals surface area (Å²) >= 11 is 7.04. The Bertz CT molecular complexity index is 1090. The molecule has 2 N–H and O–H groups in total. The number of fused-ring (bicyclic) bond motifs is 1. The second kappa shape index (κ2) is 9.57. The van der Waals surface area contributed by atoms with Gasteiger partial charge in [-0.05, 0) is 56.0 Å². The van der Waals surface area contributed by atoms with E-state index >= 15 is 0 Å². The van der Waals surface area contributed by atoms with E-state index in [1.54, 1.807) is 22.3 Å². The molecule has 0 radical (unpaired) electrons. The van der Waals surface area contributed by atoms with Gasteiger partial charge < -0.3 is 10.1 Å². The van der Waals surface area contributed by atoms with Crippen LogP contribution < -0.4 is 10.6 Å². The normalized spacial score (nSPS) is 13.2. The Labute approximate surface area is 190 Å². The Morgan fingerprint density at radius 2 is 1.97 bits per heavy atom. The molecule has 31 heavy (non-hydrogen) atoms. The van der Waals surface area contributed by atoms with Crippen molar-refractivity contribution in [3.63, 3.8) is 0 Å². The summed E-state index contributed by atoms with van der Waals surface area (Å²) in [4.78, 5) is 18.0. The summed E-state index contributed by atoms with van der Waals surface area (Å²) in [5.74, 6) is 0.0764. The van der Waals surface area contributed by atoms with Gasteiger partial charge in [0.1, 0.15) is 11.3 Å². The Kier molecular flexibility index (Phi) is 6.62. The van der Waals surface area contributed by atoms with Gasteiger partial charge in [-0.25, -0.2) is 14.5 Å². The summed E-state index contributed by atoms with van der Waals surface area (Å²) in [6.07, 6.45) is 6.94. The van der Waals surface area contributed by atoms with Crippen LogP contribution >= 0.6 is 23.6 Å². The second-order valence-electron chi connectivity index (χ2n) is 7.59. The minimum atomic E-state index is -0.329. The quantitative estimate of drug-likeness (QED) is 0.332. The number of anilines is 2. The Morgan fingerprint density at radius 3 is 2.74 bits per heavy atom. The highest BCUT2D eigenvalue weighted by molar-refractivity contribution is 7.80. The van der Waals surface area contributed by atoms with Crippen molar-refractivity contribution in [2.75, 3.05) is 17.7 Å². The molecule has 0 bridgehead atoms. The number of nitrogens with one attached hydrogen (secondary N) is 2. The lowest BCUT2D eigenvalue weighted by Crippen LogP contribution is -2.21. The van der Waals surface area contributed by atoms with Crippen molar-refractivity contribution in [1.82, 2.24) is 14.8 Å². The highest BCUT2D eigenvalue weighted by atomic mass is 32.1. The molecule has 0 spiro atoms. The first-order valence-corrected chi connectivity index (χ1v) is 11.5. The number of carbonyl (C=O) groups excluding carboxylic acids is 1. The molecule has 0 amide bonds. The highest BCUT2D eigenvalue weighted by Gasteiger charge is 2.25. The maximum atomic E-state index is 12.5. The molecule has 0 atom stereocenters. The van der Waals surface area contributed by atoms with Crippen molar-refractivity contribution >= 4 is 45.6 Å². The van der Waals surface area contributed by atoms with Gasteiger partial charge in [0, 0.05) is 4.88 Å². The van der Waals surface area contributed by atoms with Crippen LogP contribution in [0.1, 0.15) is 51.2 Å². The summed E-state index contributed by atoms with van der Waals surface area (Å²) in [6, 6.07) is 8.30. The molecule has 0 aliphatic heterocycles. The van der Waals surface area contributed by atoms with Crippen LogP contribution in [0.4, 0.5) is 10.9 Å². The first-order chi connectivity index (χ1) is 15.0. The number of benzene rings is 1. The van der Waals surface area contributed by atoms with E-state index in [0.717, 1.165) is 41.8 Å². The van der Waals surface area contributed by atoms with Gasteiger partial charge in [-0.1, -0.05) is 36.2 Å². The lowest BCUT2D eigenvalue weighted by atomic mass is 10.1. The zero-order valence-electron chi connectivity index (χ0n) is 17.6. The zero-order valence-corrected chi connectivity index (χ0v) is 19.2. The molecule has 9 heteroatoms. The van der Waals surface area contributed by atoms with Crippen molar-refractivity contribution < 1.29 is 9.53 Å². The number of hydrogen-bond donors (Lipinski definition) is 2. The van der Waals surface area contributed by atoms with E-state index in [9.17, 15) is 4.79 Å². The third-order valence-corrected chi connectivity index (χ3v) is 6.68. The third-order valence-electron chi connectivity index (χ3n) is 5.26. The SMILES string of the molecule is COC(=O)c1c(NC(=S)Nc2ncn(Cc3ccc(C)cc3)n2)sc2c1CCCCC2. The Balaban J connectivity index is 1.45. The minimum absolute atomic E-state index is 0.329. The monoisotopic (exact) mass is 455 g/mol. The summed E-state index contributed by atoms with van der Waals surface area (Å²) in [7, 11) is 1.41. The van der Waals surface area contributed by atoms with E-state index in [4.69, 9.17) is 17.0 Å². The fourth-order valence-electron chi connectivity index (χ4n) is 3.69. The zero-order chi connectivity index (χ0) is 21.8. The third kappa shape index (κ3) is 5.11. The number of aromatic nitrogens is 3. The standard InChI is InChI=1S/C22H25N5O2S2/c1-14-8-10-15(11-9-14)12-27-13-23-21(26-27)25-22(30)24-19-18(20(28)29-2)16-6-4-3-5-7-17(16)31-19/h8-11,13H,3-7,12H2,1-2H3,(H2,24,25,26,30). The van der Waals surface area contributed by atoms with Gasteiger partial charge in [0.2, 0.25) is 5.95 Å². The van der Waals surface area contributed by atoms with Crippen LogP contribution in [0.5, 0.6) is 0 Å². The minimum Gasteiger partial charge on any atom is -0.465 e. The molecule has 0 saturated carbocycles. The largest absolute Gasteiger partial charge is 0.465 e. The lowest BCUT2D eigenvalue weighted by Gasteiger charge is -2.09. The van der Waals surface area contributed by atoms with Crippen LogP contribution in [0.25, 0.3) is 0 Å². The molecule has 0 saturated heterocycles. The average Bonchev–Trinajstić information content (AvgIpc) is 3.25. The number of hydrogen-bond acceptors (Lipinski definition) is 6. The molecule has 162 valence electrons. The molecule has 0 fully saturated rings. The van der Waals surface area contributed by atoms with Gasteiger partial charge >= 0.3 is 5.97 Å². The van der Waals surface area contributed by atoms with Crippen molar-refractivity contribution in [1.29, 1.82) is 0 Å². The summed E-state index contributed by atoms with van der Waals surface area (Å²) in [6.45, 7) is 2.69. The lowest BCUT2D eigenvalue weighted by molar-refractivity contribution is 0.0601. The number of ether oxygens (including phenoxy) is 1. The maximum absolute atomic E-state index is 12.5. The molecule has 2 heterocycles. The number of thiocarbonyl (C=S) groups is 1. The first-order valence-electron chi connectivity index (χ1n) is 10.3. The van der Waals surface area contributed by atoms with Crippen molar-refractivity contribution in [3.8, 4) is 0 Å². The fraction of sp³-hybridized carbons (Fsp3) is 0.364. The molecular formula is C22H25N5O2S2. The van der Waals surface area contributed by atoms with E-state index in [0.29, 0.717) is 23.2 Å². The molecular weight excluding hydrogens is 430 g/mol. The molecule has 1 aliphatic rings. The van der Waals surface area contributed by atoms with Crippen molar-refractivity contribution in [2.24, 2.45) is 0 Å². The maximum Gasteiger partial charge on any atom is 0.341 e. The van der Waals surface area contributed by atoms with E-state index in [1.807, 2.05) is 0 Å². The van der Waals surface area contributed by atoms with E-state index < -0.39 is 0 Å². The molecule has 4 rings (SSSR count). The summed E-state index contributed by atoms with van der Waals surface area (Å²) < 4.78 is 6.80. The number of nitrogens with zero attached hydrogens (tertiary/aromatic N) is 3. The van der Waals surface area contributed by atoms with E-state index in [-0.39, 0.29) is 5.97 Å². The number of carbonyl (C=O) groups is 1. The average molecular weight is 456 g/mol. The Morgan fingerprint density at radius 1 is 1.19 bits per heavy atom. The van der Waals surface area contributed by atoms with E-state index in [1.165, 1.54) is 24.0 Å². The fourth-order valence-corrected chi connectivity index (χ4v) is 5.23. The van der Waals surface area contributed by atoms with Gasteiger partial charge in [-0.3, -0.25) is 5.32 Å². The number of aryl methyl sites for hydroxylation is 2. The number of thiophene rings is 1. The Hall–Kier alpha value is -2.78. The molecule has 3 aromatic rings. The summed E-state index contributed by atoms with van der Waals surface area (Å²) in [5.41, 5.74) is 4.07. The first kappa shape index (κ1) is 21.5. The number of esters is 1. The molecule has 7 nitrogen and oxygen atoms in total.